The van der Waals surface area contributed by atoms with Crippen LogP contribution in [0.4, 0.5) is 0 Å². The highest BCUT2D eigenvalue weighted by Gasteiger charge is 2.03. The van der Waals surface area contributed by atoms with Crippen LogP contribution in [0, 0.1) is 0 Å². The van der Waals surface area contributed by atoms with E-state index in [0.29, 0.717) is 6.61 Å². The number of aromatic nitrogens is 2. The largest absolute Gasteiger partial charge is 0.383 e. The minimum atomic E-state index is 0.0447. The van der Waals surface area contributed by atoms with Crippen molar-refractivity contribution in [3.05, 3.63) is 18.2 Å². The van der Waals surface area contributed by atoms with Crippen LogP contribution in [-0.2, 0) is 11.2 Å². The molecule has 0 amide bonds. The van der Waals surface area contributed by atoms with Gasteiger partial charge in [-0.1, -0.05) is 0 Å². The summed E-state index contributed by atoms with van der Waals surface area (Å²) < 4.78 is 4.89. The Labute approximate surface area is 65.8 Å². The number of aromatic amines is 1. The third kappa shape index (κ3) is 2.69. The van der Waals surface area contributed by atoms with Crippen LogP contribution < -0.4 is 5.73 Å². The van der Waals surface area contributed by atoms with Crippen molar-refractivity contribution in [3.63, 3.8) is 0 Å². The monoisotopic (exact) mass is 155 g/mol. The molecule has 0 bridgehead atoms. The molecule has 1 heterocycles. The SMILES string of the molecule is COCC(N)Cc1c[nH]cn1. The van der Waals surface area contributed by atoms with E-state index in [0.717, 1.165) is 12.1 Å². The number of methoxy groups -OCH3 is 1. The lowest BCUT2D eigenvalue weighted by molar-refractivity contribution is 0.179. The van der Waals surface area contributed by atoms with Crippen molar-refractivity contribution in [3.8, 4) is 0 Å². The second-order valence-corrected chi connectivity index (χ2v) is 2.48. The quantitative estimate of drug-likeness (QED) is 0.639. The van der Waals surface area contributed by atoms with E-state index < -0.39 is 0 Å². The van der Waals surface area contributed by atoms with Gasteiger partial charge in [0.15, 0.2) is 0 Å². The van der Waals surface area contributed by atoms with Gasteiger partial charge >= 0.3 is 0 Å². The van der Waals surface area contributed by atoms with Gasteiger partial charge in [0, 0.05) is 25.8 Å². The smallest absolute Gasteiger partial charge is 0.0923 e. The van der Waals surface area contributed by atoms with Gasteiger partial charge < -0.3 is 15.5 Å². The number of H-pyrrole nitrogens is 1. The second-order valence-electron chi connectivity index (χ2n) is 2.48. The van der Waals surface area contributed by atoms with Gasteiger partial charge in [-0.15, -0.1) is 0 Å². The van der Waals surface area contributed by atoms with Gasteiger partial charge in [-0.05, 0) is 0 Å². The van der Waals surface area contributed by atoms with Gasteiger partial charge in [0.05, 0.1) is 18.6 Å². The summed E-state index contributed by atoms with van der Waals surface area (Å²) in [6.45, 7) is 0.576. The molecule has 0 fully saturated rings. The van der Waals surface area contributed by atoms with Gasteiger partial charge in [0.2, 0.25) is 0 Å². The van der Waals surface area contributed by atoms with Crippen LogP contribution in [0.3, 0.4) is 0 Å². The fraction of sp³-hybridized carbons (Fsp3) is 0.571. The highest BCUT2D eigenvalue weighted by Crippen LogP contribution is 1.95. The Kier molecular flexibility index (Phi) is 3.07. The molecule has 3 N–H and O–H groups in total. The minimum Gasteiger partial charge on any atom is -0.383 e. The summed E-state index contributed by atoms with van der Waals surface area (Å²) in [5.74, 6) is 0. The average molecular weight is 155 g/mol. The molecule has 0 saturated heterocycles. The fourth-order valence-electron chi connectivity index (χ4n) is 0.944. The molecular formula is C7H13N3O. The van der Waals surface area contributed by atoms with Crippen molar-refractivity contribution in [1.82, 2.24) is 9.97 Å². The molecular weight excluding hydrogens is 142 g/mol. The van der Waals surface area contributed by atoms with Gasteiger partial charge in [0.1, 0.15) is 0 Å². The maximum absolute atomic E-state index is 5.70. The number of nitrogens with zero attached hydrogens (tertiary/aromatic N) is 1. The third-order valence-corrected chi connectivity index (χ3v) is 1.41. The number of hydrogen-bond acceptors (Lipinski definition) is 3. The van der Waals surface area contributed by atoms with Gasteiger partial charge in [0.25, 0.3) is 0 Å². The molecule has 0 aliphatic rings. The Bertz CT molecular complexity index is 186. The van der Waals surface area contributed by atoms with E-state index in [1.165, 1.54) is 0 Å². The molecule has 1 aromatic rings. The summed E-state index contributed by atoms with van der Waals surface area (Å²) in [5.41, 5.74) is 6.68. The normalized spacial score (nSPS) is 13.3. The molecule has 11 heavy (non-hydrogen) atoms. The number of ether oxygens (including phenoxy) is 1. The van der Waals surface area contributed by atoms with Gasteiger partial charge in [-0.25, -0.2) is 4.98 Å². The van der Waals surface area contributed by atoms with Crippen LogP contribution >= 0.6 is 0 Å². The lowest BCUT2D eigenvalue weighted by Crippen LogP contribution is -2.28. The van der Waals surface area contributed by atoms with E-state index in [-0.39, 0.29) is 6.04 Å². The molecule has 1 rings (SSSR count). The molecule has 0 aliphatic carbocycles. The third-order valence-electron chi connectivity index (χ3n) is 1.41. The lowest BCUT2D eigenvalue weighted by Gasteiger charge is -2.06. The van der Waals surface area contributed by atoms with Crippen LogP contribution in [0.15, 0.2) is 12.5 Å². The standard InChI is InChI=1S/C7H13N3O/c1-11-4-6(8)2-7-3-9-5-10-7/h3,5-6H,2,4,8H2,1H3,(H,9,10). The Morgan fingerprint density at radius 1 is 1.82 bits per heavy atom. The summed E-state index contributed by atoms with van der Waals surface area (Å²) in [4.78, 5) is 6.92. The highest BCUT2D eigenvalue weighted by molar-refractivity contribution is 4.96. The number of nitrogens with two attached hydrogens (primary N) is 1. The Balaban J connectivity index is 2.31. The van der Waals surface area contributed by atoms with Crippen LogP contribution in [0.2, 0.25) is 0 Å². The van der Waals surface area contributed by atoms with Crippen molar-refractivity contribution in [2.45, 2.75) is 12.5 Å². The second kappa shape index (κ2) is 4.10. The first-order valence-corrected chi connectivity index (χ1v) is 3.55. The van der Waals surface area contributed by atoms with Crippen molar-refractivity contribution in [2.75, 3.05) is 13.7 Å². The van der Waals surface area contributed by atoms with Gasteiger partial charge in [-0.2, -0.15) is 0 Å². The molecule has 1 atom stereocenters. The van der Waals surface area contributed by atoms with Crippen molar-refractivity contribution in [1.29, 1.82) is 0 Å². The Hall–Kier alpha value is -0.870. The van der Waals surface area contributed by atoms with E-state index in [1.807, 2.05) is 6.20 Å². The van der Waals surface area contributed by atoms with E-state index in [9.17, 15) is 0 Å². The Morgan fingerprint density at radius 3 is 3.18 bits per heavy atom. The zero-order chi connectivity index (χ0) is 8.10. The predicted octanol–water partition coefficient (Wildman–Crippen LogP) is -0.0741. The first-order valence-electron chi connectivity index (χ1n) is 3.55. The first kappa shape index (κ1) is 8.23. The molecule has 0 saturated carbocycles. The van der Waals surface area contributed by atoms with E-state index in [4.69, 9.17) is 10.5 Å². The molecule has 4 heteroatoms. The maximum Gasteiger partial charge on any atom is 0.0923 e. The molecule has 0 aromatic carbocycles. The van der Waals surface area contributed by atoms with Crippen LogP contribution in [0.5, 0.6) is 0 Å². The zero-order valence-electron chi connectivity index (χ0n) is 6.58. The molecule has 0 aliphatic heterocycles. The Morgan fingerprint density at radius 2 is 2.64 bits per heavy atom. The van der Waals surface area contributed by atoms with Crippen molar-refractivity contribution < 1.29 is 4.74 Å². The first-order chi connectivity index (χ1) is 5.33. The molecule has 4 nitrogen and oxygen atoms in total. The fourth-order valence-corrected chi connectivity index (χ4v) is 0.944. The summed E-state index contributed by atoms with van der Waals surface area (Å²) in [6, 6.07) is 0.0447. The number of rotatable bonds is 4. The summed E-state index contributed by atoms with van der Waals surface area (Å²) in [7, 11) is 1.64. The average Bonchev–Trinajstić information content (AvgIpc) is 2.40. The minimum absolute atomic E-state index is 0.0447. The molecule has 1 aromatic heterocycles. The number of nitrogens with one attached hydrogen (secondary N) is 1. The zero-order valence-corrected chi connectivity index (χ0v) is 6.58. The topological polar surface area (TPSA) is 63.9 Å². The van der Waals surface area contributed by atoms with E-state index in [2.05, 4.69) is 9.97 Å². The summed E-state index contributed by atoms with van der Waals surface area (Å²) in [6.07, 6.45) is 4.25. The molecule has 1 unspecified atom stereocenters. The predicted molar refractivity (Wildman–Crippen MR) is 42.1 cm³/mol. The molecule has 62 valence electrons. The number of imidazole rings is 1. The van der Waals surface area contributed by atoms with Gasteiger partial charge in [-0.3, -0.25) is 0 Å². The van der Waals surface area contributed by atoms with E-state index in [1.54, 1.807) is 13.4 Å². The van der Waals surface area contributed by atoms with Crippen LogP contribution in [0.25, 0.3) is 0 Å². The number of hydrogen-bond donors (Lipinski definition) is 2. The van der Waals surface area contributed by atoms with Crippen LogP contribution in [0.1, 0.15) is 5.69 Å². The van der Waals surface area contributed by atoms with Crippen molar-refractivity contribution >= 4 is 0 Å². The van der Waals surface area contributed by atoms with E-state index >= 15 is 0 Å². The molecule has 0 radical (unpaired) electrons. The molecule has 0 spiro atoms. The highest BCUT2D eigenvalue weighted by atomic mass is 16.5. The lowest BCUT2D eigenvalue weighted by atomic mass is 10.2. The summed E-state index contributed by atoms with van der Waals surface area (Å²) >= 11 is 0. The van der Waals surface area contributed by atoms with Crippen LogP contribution in [-0.4, -0.2) is 29.7 Å². The van der Waals surface area contributed by atoms with Crippen molar-refractivity contribution in [2.24, 2.45) is 5.73 Å². The maximum atomic E-state index is 5.70. The summed E-state index contributed by atoms with van der Waals surface area (Å²) in [5, 5.41) is 0.